The highest BCUT2D eigenvalue weighted by atomic mass is 15.2. The van der Waals surface area contributed by atoms with Crippen molar-refractivity contribution < 1.29 is 0 Å². The fourth-order valence-corrected chi connectivity index (χ4v) is 4.25. The number of nitrogens with one attached hydrogen (secondary N) is 1. The Hall–Kier alpha value is -0.0800. The SMILES string of the molecule is CNC1CCC(C)(C)CC1N(C)C1CCCCCC1. The Morgan fingerprint density at radius 3 is 2.21 bits per heavy atom. The second-order valence-electron chi connectivity index (χ2n) is 7.68. The van der Waals surface area contributed by atoms with E-state index < -0.39 is 0 Å². The minimum atomic E-state index is 0.525. The molecule has 2 rings (SSSR count). The van der Waals surface area contributed by atoms with Gasteiger partial charge in [-0.2, -0.15) is 0 Å². The van der Waals surface area contributed by atoms with Crippen molar-refractivity contribution in [2.75, 3.05) is 14.1 Å². The van der Waals surface area contributed by atoms with Crippen LogP contribution in [0.25, 0.3) is 0 Å². The Labute approximate surface area is 120 Å². The smallest absolute Gasteiger partial charge is 0.0254 e. The van der Waals surface area contributed by atoms with Gasteiger partial charge >= 0.3 is 0 Å². The summed E-state index contributed by atoms with van der Waals surface area (Å²) >= 11 is 0. The van der Waals surface area contributed by atoms with Crippen LogP contribution in [0.3, 0.4) is 0 Å². The first-order chi connectivity index (χ1) is 9.03. The molecule has 2 heteroatoms. The molecular weight excluding hydrogens is 232 g/mol. The van der Waals surface area contributed by atoms with E-state index in [1.54, 1.807) is 0 Å². The maximum atomic E-state index is 3.59. The number of nitrogens with zero attached hydrogens (tertiary/aromatic N) is 1. The summed E-state index contributed by atoms with van der Waals surface area (Å²) in [5.74, 6) is 0. The summed E-state index contributed by atoms with van der Waals surface area (Å²) in [4.78, 5) is 2.74. The van der Waals surface area contributed by atoms with Crippen molar-refractivity contribution in [2.24, 2.45) is 5.41 Å². The monoisotopic (exact) mass is 266 g/mol. The van der Waals surface area contributed by atoms with E-state index in [9.17, 15) is 0 Å². The number of likely N-dealkylation sites (N-methyl/N-ethyl adjacent to an activating group) is 2. The summed E-state index contributed by atoms with van der Waals surface area (Å²) in [5, 5.41) is 3.59. The van der Waals surface area contributed by atoms with Crippen LogP contribution in [0, 0.1) is 5.41 Å². The van der Waals surface area contributed by atoms with Gasteiger partial charge in [0, 0.05) is 18.1 Å². The lowest BCUT2D eigenvalue weighted by atomic mass is 9.72. The second-order valence-corrected chi connectivity index (χ2v) is 7.68. The maximum Gasteiger partial charge on any atom is 0.0254 e. The Bertz CT molecular complexity index is 266. The van der Waals surface area contributed by atoms with Crippen molar-refractivity contribution in [2.45, 2.75) is 89.8 Å². The highest BCUT2D eigenvalue weighted by Gasteiger charge is 2.38. The summed E-state index contributed by atoms with van der Waals surface area (Å²) in [6, 6.07) is 2.26. The van der Waals surface area contributed by atoms with Crippen molar-refractivity contribution >= 4 is 0 Å². The van der Waals surface area contributed by atoms with Crippen molar-refractivity contribution in [3.63, 3.8) is 0 Å². The normalized spacial score (nSPS) is 33.3. The van der Waals surface area contributed by atoms with E-state index in [2.05, 4.69) is 38.2 Å². The van der Waals surface area contributed by atoms with Crippen molar-refractivity contribution in [3.8, 4) is 0 Å². The molecule has 112 valence electrons. The highest BCUT2D eigenvalue weighted by molar-refractivity contribution is 4.95. The first-order valence-electron chi connectivity index (χ1n) is 8.43. The van der Waals surface area contributed by atoms with Gasteiger partial charge in [0.2, 0.25) is 0 Å². The van der Waals surface area contributed by atoms with Crippen LogP contribution in [0.15, 0.2) is 0 Å². The minimum Gasteiger partial charge on any atom is -0.315 e. The van der Waals surface area contributed by atoms with Crippen molar-refractivity contribution in [1.29, 1.82) is 0 Å². The van der Waals surface area contributed by atoms with Crippen LogP contribution in [0.5, 0.6) is 0 Å². The van der Waals surface area contributed by atoms with Gasteiger partial charge in [-0.15, -0.1) is 0 Å². The molecule has 2 saturated carbocycles. The molecule has 2 atom stereocenters. The highest BCUT2D eigenvalue weighted by Crippen LogP contribution is 2.38. The van der Waals surface area contributed by atoms with Crippen LogP contribution >= 0.6 is 0 Å². The maximum absolute atomic E-state index is 3.59. The fourth-order valence-electron chi connectivity index (χ4n) is 4.25. The lowest BCUT2D eigenvalue weighted by molar-refractivity contribution is 0.0523. The Balaban J connectivity index is 2.02. The molecule has 0 aromatic rings. The molecule has 2 unspecified atom stereocenters. The molecule has 2 fully saturated rings. The van der Waals surface area contributed by atoms with Crippen LogP contribution < -0.4 is 5.32 Å². The molecule has 0 bridgehead atoms. The van der Waals surface area contributed by atoms with E-state index in [4.69, 9.17) is 0 Å². The quantitative estimate of drug-likeness (QED) is 0.782. The van der Waals surface area contributed by atoms with Gasteiger partial charge in [0.1, 0.15) is 0 Å². The summed E-state index contributed by atoms with van der Waals surface area (Å²) in [7, 11) is 4.54. The fraction of sp³-hybridized carbons (Fsp3) is 1.00. The molecule has 0 saturated heterocycles. The number of rotatable bonds is 3. The molecule has 0 spiro atoms. The average molecular weight is 266 g/mol. The molecule has 0 heterocycles. The molecule has 19 heavy (non-hydrogen) atoms. The third kappa shape index (κ3) is 3.95. The molecular formula is C17H34N2. The Kier molecular flexibility index (Phi) is 5.30. The second kappa shape index (κ2) is 6.58. The van der Waals surface area contributed by atoms with E-state index >= 15 is 0 Å². The summed E-state index contributed by atoms with van der Waals surface area (Å²) < 4.78 is 0. The van der Waals surface area contributed by atoms with Crippen LogP contribution in [-0.2, 0) is 0 Å². The summed E-state index contributed by atoms with van der Waals surface area (Å²) in [5.41, 5.74) is 0.525. The largest absolute Gasteiger partial charge is 0.315 e. The van der Waals surface area contributed by atoms with E-state index in [0.717, 1.165) is 12.1 Å². The zero-order valence-electron chi connectivity index (χ0n) is 13.5. The van der Waals surface area contributed by atoms with Gasteiger partial charge < -0.3 is 5.32 Å². The Morgan fingerprint density at radius 1 is 1.00 bits per heavy atom. The van der Waals surface area contributed by atoms with Gasteiger partial charge in [-0.05, 0) is 51.6 Å². The van der Waals surface area contributed by atoms with Gasteiger partial charge in [0.15, 0.2) is 0 Å². The number of hydrogen-bond acceptors (Lipinski definition) is 2. The zero-order chi connectivity index (χ0) is 13.9. The molecule has 2 aliphatic carbocycles. The zero-order valence-corrected chi connectivity index (χ0v) is 13.5. The predicted octanol–water partition coefficient (Wildman–Crippen LogP) is 3.81. The van der Waals surface area contributed by atoms with Crippen LogP contribution in [-0.4, -0.2) is 37.1 Å². The lowest BCUT2D eigenvalue weighted by Crippen LogP contribution is -2.55. The van der Waals surface area contributed by atoms with Gasteiger partial charge in [-0.25, -0.2) is 0 Å². The molecule has 0 amide bonds. The van der Waals surface area contributed by atoms with E-state index in [0.29, 0.717) is 11.5 Å². The third-order valence-corrected chi connectivity index (χ3v) is 5.65. The predicted molar refractivity (Wildman–Crippen MR) is 83.5 cm³/mol. The first-order valence-corrected chi connectivity index (χ1v) is 8.43. The molecule has 1 N–H and O–H groups in total. The van der Waals surface area contributed by atoms with Crippen LogP contribution in [0.4, 0.5) is 0 Å². The van der Waals surface area contributed by atoms with E-state index in [-0.39, 0.29) is 0 Å². The standard InChI is InChI=1S/C17H34N2/c1-17(2)12-11-15(18-3)16(13-17)19(4)14-9-7-5-6-8-10-14/h14-16,18H,5-13H2,1-4H3. The Morgan fingerprint density at radius 2 is 1.63 bits per heavy atom. The molecule has 0 aromatic carbocycles. The van der Waals surface area contributed by atoms with Crippen LogP contribution in [0.2, 0.25) is 0 Å². The van der Waals surface area contributed by atoms with Gasteiger partial charge in [-0.3, -0.25) is 4.90 Å². The van der Waals surface area contributed by atoms with E-state index in [1.165, 1.54) is 57.8 Å². The summed E-state index contributed by atoms with van der Waals surface area (Å²) in [6.07, 6.45) is 12.7. The third-order valence-electron chi connectivity index (χ3n) is 5.65. The summed E-state index contributed by atoms with van der Waals surface area (Å²) in [6.45, 7) is 4.90. The minimum absolute atomic E-state index is 0.525. The van der Waals surface area contributed by atoms with Gasteiger partial charge in [-0.1, -0.05) is 39.5 Å². The first kappa shape index (κ1) is 15.3. The van der Waals surface area contributed by atoms with Crippen LogP contribution in [0.1, 0.15) is 71.6 Å². The van der Waals surface area contributed by atoms with E-state index in [1.807, 2.05) is 0 Å². The van der Waals surface area contributed by atoms with Gasteiger partial charge in [0.05, 0.1) is 0 Å². The van der Waals surface area contributed by atoms with Crippen molar-refractivity contribution in [3.05, 3.63) is 0 Å². The molecule has 2 aliphatic rings. The van der Waals surface area contributed by atoms with Gasteiger partial charge in [0.25, 0.3) is 0 Å². The number of hydrogen-bond donors (Lipinski definition) is 1. The molecule has 2 nitrogen and oxygen atoms in total. The molecule has 0 aromatic heterocycles. The lowest BCUT2D eigenvalue weighted by Gasteiger charge is -2.47. The molecule has 0 aliphatic heterocycles. The van der Waals surface area contributed by atoms with Crippen molar-refractivity contribution in [1.82, 2.24) is 10.2 Å². The molecule has 0 radical (unpaired) electrons. The average Bonchev–Trinajstić information content (AvgIpc) is 2.66. The topological polar surface area (TPSA) is 15.3 Å².